The van der Waals surface area contributed by atoms with Gasteiger partial charge in [0.05, 0.1) is 17.5 Å². The summed E-state index contributed by atoms with van der Waals surface area (Å²) in [5.74, 6) is 0.511. The third kappa shape index (κ3) is 2.50. The molecule has 2 atom stereocenters. The summed E-state index contributed by atoms with van der Waals surface area (Å²) in [7, 11) is 1.78. The second-order valence-corrected chi connectivity index (χ2v) is 9.12. The average Bonchev–Trinajstić information content (AvgIpc) is 2.64. The molecule has 1 saturated carbocycles. The topological polar surface area (TPSA) is 55.3 Å². The number of nitrogens with zero attached hydrogens (tertiary/aromatic N) is 3. The lowest BCUT2D eigenvalue weighted by molar-refractivity contribution is -0.150. The molecule has 1 saturated heterocycles. The fourth-order valence-corrected chi connectivity index (χ4v) is 5.57. The fraction of sp³-hybridized carbons (Fsp3) is 0.762. The zero-order chi connectivity index (χ0) is 18.5. The van der Waals surface area contributed by atoms with E-state index in [9.17, 15) is 4.79 Å². The number of carbonyl (C=O) groups excluding carboxylic acids is 1. The molecular formula is C21H31N3O2. The molecule has 0 unspecified atom stereocenters. The van der Waals surface area contributed by atoms with Gasteiger partial charge in [-0.2, -0.15) is 0 Å². The molecule has 1 amide bonds. The van der Waals surface area contributed by atoms with E-state index in [1.807, 2.05) is 6.20 Å². The van der Waals surface area contributed by atoms with Crippen LogP contribution in [-0.2, 0) is 21.4 Å². The minimum Gasteiger partial charge on any atom is -0.381 e. The van der Waals surface area contributed by atoms with Crippen LogP contribution in [0.3, 0.4) is 0 Å². The van der Waals surface area contributed by atoms with Crippen LogP contribution in [0.2, 0.25) is 0 Å². The van der Waals surface area contributed by atoms with Crippen molar-refractivity contribution in [2.24, 2.45) is 11.3 Å². The number of ether oxygens (including phenoxy) is 1. The SMILES string of the molecule is COC1CCC(C(=O)N2CC[C@@]3(C)c4nccnc4C[C@@H]2C3(C)C)CC1. The first-order chi connectivity index (χ1) is 12.4. The molecule has 5 heteroatoms. The Bertz CT molecular complexity index is 696. The van der Waals surface area contributed by atoms with E-state index in [4.69, 9.17) is 9.72 Å². The number of rotatable bonds is 2. The van der Waals surface area contributed by atoms with Crippen LogP contribution in [0.4, 0.5) is 0 Å². The van der Waals surface area contributed by atoms with Gasteiger partial charge in [0.25, 0.3) is 0 Å². The maximum atomic E-state index is 13.4. The minimum atomic E-state index is -0.0238. The third-order valence-electron chi connectivity index (χ3n) is 7.81. The van der Waals surface area contributed by atoms with E-state index in [1.54, 1.807) is 13.3 Å². The molecule has 2 bridgehead atoms. The highest BCUT2D eigenvalue weighted by molar-refractivity contribution is 5.79. The van der Waals surface area contributed by atoms with Crippen molar-refractivity contribution in [2.45, 2.75) is 76.9 Å². The second-order valence-electron chi connectivity index (χ2n) is 9.12. The van der Waals surface area contributed by atoms with E-state index < -0.39 is 0 Å². The molecule has 1 aliphatic heterocycles. The Morgan fingerprint density at radius 3 is 2.54 bits per heavy atom. The van der Waals surface area contributed by atoms with Crippen LogP contribution in [0.15, 0.2) is 12.4 Å². The van der Waals surface area contributed by atoms with Gasteiger partial charge in [-0.15, -0.1) is 0 Å². The molecule has 2 aliphatic carbocycles. The summed E-state index contributed by atoms with van der Waals surface area (Å²) >= 11 is 0. The molecule has 0 N–H and O–H groups in total. The van der Waals surface area contributed by atoms with Gasteiger partial charge >= 0.3 is 0 Å². The number of aromatic nitrogens is 2. The Balaban J connectivity index is 1.61. The lowest BCUT2D eigenvalue weighted by Crippen LogP contribution is -2.66. The normalized spacial score (nSPS) is 35.7. The highest BCUT2D eigenvalue weighted by Gasteiger charge is 2.58. The number of amides is 1. The molecule has 26 heavy (non-hydrogen) atoms. The number of piperidine rings is 1. The Hall–Kier alpha value is -1.49. The van der Waals surface area contributed by atoms with Gasteiger partial charge < -0.3 is 9.64 Å². The molecular weight excluding hydrogens is 326 g/mol. The molecule has 2 fully saturated rings. The van der Waals surface area contributed by atoms with Crippen molar-refractivity contribution >= 4 is 5.91 Å². The smallest absolute Gasteiger partial charge is 0.225 e. The average molecular weight is 357 g/mol. The number of carbonyl (C=O) groups is 1. The van der Waals surface area contributed by atoms with Gasteiger partial charge in [-0.25, -0.2) is 0 Å². The molecule has 142 valence electrons. The second kappa shape index (κ2) is 6.29. The van der Waals surface area contributed by atoms with Crippen molar-refractivity contribution < 1.29 is 9.53 Å². The highest BCUT2D eigenvalue weighted by atomic mass is 16.5. The number of hydrogen-bond acceptors (Lipinski definition) is 4. The molecule has 0 aromatic carbocycles. The van der Waals surface area contributed by atoms with Crippen molar-refractivity contribution in [3.05, 3.63) is 23.8 Å². The number of hydrogen-bond donors (Lipinski definition) is 0. The molecule has 1 aromatic rings. The molecule has 5 nitrogen and oxygen atoms in total. The van der Waals surface area contributed by atoms with E-state index in [0.29, 0.717) is 12.0 Å². The van der Waals surface area contributed by atoms with Crippen LogP contribution >= 0.6 is 0 Å². The summed E-state index contributed by atoms with van der Waals surface area (Å²) < 4.78 is 5.48. The van der Waals surface area contributed by atoms with Gasteiger partial charge in [-0.05, 0) is 37.5 Å². The molecule has 3 aliphatic rings. The van der Waals surface area contributed by atoms with Crippen molar-refractivity contribution in [3.63, 3.8) is 0 Å². The molecule has 2 heterocycles. The van der Waals surface area contributed by atoms with Gasteiger partial charge in [0.1, 0.15) is 0 Å². The van der Waals surface area contributed by atoms with Crippen LogP contribution in [-0.4, -0.2) is 46.6 Å². The Labute approximate surface area is 156 Å². The summed E-state index contributed by atoms with van der Waals surface area (Å²) in [5.41, 5.74) is 2.20. The molecule has 4 rings (SSSR count). The van der Waals surface area contributed by atoms with E-state index in [0.717, 1.165) is 56.5 Å². The predicted molar refractivity (Wildman–Crippen MR) is 99.7 cm³/mol. The van der Waals surface area contributed by atoms with E-state index >= 15 is 0 Å². The number of methoxy groups -OCH3 is 1. The standard InChI is InChI=1S/C21H31N3O2/c1-20(2)17-13-16-18(23-11-10-22-16)21(20,3)9-12-24(17)19(25)14-5-7-15(26-4)8-6-14/h10-11,14-15,17H,5-9,12-13H2,1-4H3/t14?,15?,17-,21+/m1/s1. The fourth-order valence-electron chi connectivity index (χ4n) is 5.57. The predicted octanol–water partition coefficient (Wildman–Crippen LogP) is 3.12. The van der Waals surface area contributed by atoms with Gasteiger partial charge in [0.2, 0.25) is 5.91 Å². The zero-order valence-electron chi connectivity index (χ0n) is 16.5. The van der Waals surface area contributed by atoms with Gasteiger partial charge in [0.15, 0.2) is 0 Å². The lowest BCUT2D eigenvalue weighted by atomic mass is 9.53. The first-order valence-corrected chi connectivity index (χ1v) is 10.0. The highest BCUT2D eigenvalue weighted by Crippen LogP contribution is 2.55. The van der Waals surface area contributed by atoms with Crippen molar-refractivity contribution in [1.29, 1.82) is 0 Å². The zero-order valence-corrected chi connectivity index (χ0v) is 16.5. The summed E-state index contributed by atoms with van der Waals surface area (Å²) in [6.45, 7) is 7.79. The van der Waals surface area contributed by atoms with E-state index in [2.05, 4.69) is 30.7 Å². The summed E-state index contributed by atoms with van der Waals surface area (Å²) in [5, 5.41) is 0. The monoisotopic (exact) mass is 357 g/mol. The number of fused-ring (bicyclic) bond motifs is 4. The van der Waals surface area contributed by atoms with E-state index in [1.165, 1.54) is 0 Å². The van der Waals surface area contributed by atoms with Crippen molar-refractivity contribution in [1.82, 2.24) is 14.9 Å². The Kier molecular flexibility index (Phi) is 4.33. The summed E-state index contributed by atoms with van der Waals surface area (Å²) in [4.78, 5) is 24.9. The summed E-state index contributed by atoms with van der Waals surface area (Å²) in [6, 6.07) is 0.207. The summed E-state index contributed by atoms with van der Waals surface area (Å²) in [6.07, 6.45) is 9.62. The van der Waals surface area contributed by atoms with Crippen molar-refractivity contribution in [3.8, 4) is 0 Å². The Morgan fingerprint density at radius 1 is 1.15 bits per heavy atom. The maximum Gasteiger partial charge on any atom is 0.225 e. The minimum absolute atomic E-state index is 0.00627. The molecule has 0 radical (unpaired) electrons. The van der Waals surface area contributed by atoms with Gasteiger partial charge in [-0.1, -0.05) is 20.8 Å². The van der Waals surface area contributed by atoms with Crippen LogP contribution in [0.25, 0.3) is 0 Å². The number of likely N-dealkylation sites (tertiary alicyclic amines) is 1. The molecule has 0 spiro atoms. The molecule has 1 aromatic heterocycles. The first kappa shape index (κ1) is 17.9. The lowest BCUT2D eigenvalue weighted by Gasteiger charge is -2.60. The van der Waals surface area contributed by atoms with Crippen LogP contribution in [0.5, 0.6) is 0 Å². The van der Waals surface area contributed by atoms with Gasteiger partial charge in [0, 0.05) is 49.8 Å². The first-order valence-electron chi connectivity index (χ1n) is 10.0. The third-order valence-corrected chi connectivity index (χ3v) is 7.81. The van der Waals surface area contributed by atoms with Crippen LogP contribution in [0, 0.1) is 11.3 Å². The maximum absolute atomic E-state index is 13.4. The van der Waals surface area contributed by atoms with Gasteiger partial charge in [-0.3, -0.25) is 14.8 Å². The van der Waals surface area contributed by atoms with Crippen molar-refractivity contribution in [2.75, 3.05) is 13.7 Å². The quantitative estimate of drug-likeness (QED) is 0.816. The largest absolute Gasteiger partial charge is 0.381 e. The van der Waals surface area contributed by atoms with Crippen LogP contribution < -0.4 is 0 Å². The van der Waals surface area contributed by atoms with Crippen LogP contribution in [0.1, 0.15) is 64.3 Å². The van der Waals surface area contributed by atoms with E-state index in [-0.39, 0.29) is 22.8 Å². The Morgan fingerprint density at radius 2 is 1.85 bits per heavy atom.